The number of carbonyl (C=O) groups excluding carboxylic acids is 4. The molecule has 0 radical (unpaired) electrons. The van der Waals surface area contributed by atoms with Crippen LogP contribution in [0.2, 0.25) is 0 Å². The van der Waals surface area contributed by atoms with Crippen LogP contribution in [-0.4, -0.2) is 28.7 Å². The van der Waals surface area contributed by atoms with Crippen LogP contribution >= 0.6 is 0 Å². The third kappa shape index (κ3) is 7.43. The van der Waals surface area contributed by atoms with Crippen LogP contribution in [0.15, 0.2) is 115 Å². The number of carbonyl (C=O) groups is 4. The van der Waals surface area contributed by atoms with Gasteiger partial charge in [-0.15, -0.1) is 0 Å². The molecule has 0 aliphatic carbocycles. The summed E-state index contributed by atoms with van der Waals surface area (Å²) < 4.78 is 0. The maximum absolute atomic E-state index is 13.0. The molecular formula is C34H28N6O5. The molecule has 5 rings (SSSR count). The molecule has 0 heterocycles. The van der Waals surface area contributed by atoms with E-state index in [1.165, 1.54) is 18.2 Å². The first-order valence-electron chi connectivity index (χ1n) is 13.6. The Labute approximate surface area is 257 Å². The molecule has 0 unspecified atom stereocenters. The van der Waals surface area contributed by atoms with Crippen molar-refractivity contribution in [2.75, 3.05) is 32.7 Å². The Balaban J connectivity index is 1.19. The topological polar surface area (TPSA) is 189 Å². The average Bonchev–Trinajstić information content (AvgIpc) is 3.03. The summed E-state index contributed by atoms with van der Waals surface area (Å²) in [7, 11) is 0. The van der Waals surface area contributed by atoms with Gasteiger partial charge in [-0.3, -0.25) is 19.2 Å². The number of amides is 4. The van der Waals surface area contributed by atoms with Gasteiger partial charge in [-0.1, -0.05) is 18.2 Å². The van der Waals surface area contributed by atoms with E-state index in [1.807, 2.05) is 0 Å². The van der Waals surface area contributed by atoms with Crippen molar-refractivity contribution >= 4 is 57.8 Å². The zero-order valence-electron chi connectivity index (χ0n) is 23.7. The molecule has 45 heavy (non-hydrogen) atoms. The van der Waals surface area contributed by atoms with Crippen LogP contribution in [-0.2, 0) is 0 Å². The predicted molar refractivity (Wildman–Crippen MR) is 175 cm³/mol. The van der Waals surface area contributed by atoms with Crippen molar-refractivity contribution < 1.29 is 24.3 Å². The highest BCUT2D eigenvalue weighted by Crippen LogP contribution is 2.26. The molecule has 0 aromatic heterocycles. The highest BCUT2D eigenvalue weighted by atomic mass is 16.3. The number of phenols is 1. The van der Waals surface area contributed by atoms with E-state index in [9.17, 15) is 24.3 Å². The monoisotopic (exact) mass is 600 g/mol. The highest BCUT2D eigenvalue weighted by Gasteiger charge is 2.19. The number of aromatic hydroxyl groups is 1. The lowest BCUT2D eigenvalue weighted by atomic mass is 10.1. The number of anilines is 6. The summed E-state index contributed by atoms with van der Waals surface area (Å²) in [5, 5.41) is 21.6. The smallest absolute Gasteiger partial charge is 0.259 e. The van der Waals surface area contributed by atoms with E-state index in [0.29, 0.717) is 45.3 Å². The van der Waals surface area contributed by atoms with Gasteiger partial charge in [0.05, 0.1) is 11.1 Å². The summed E-state index contributed by atoms with van der Waals surface area (Å²) in [6, 6.07) is 30.2. The second-order valence-corrected chi connectivity index (χ2v) is 9.92. The summed E-state index contributed by atoms with van der Waals surface area (Å²) in [5.41, 5.74) is 14.8. The van der Waals surface area contributed by atoms with Crippen molar-refractivity contribution in [3.63, 3.8) is 0 Å². The molecule has 0 bridgehead atoms. The van der Waals surface area contributed by atoms with E-state index in [0.717, 1.165) is 0 Å². The Morgan fingerprint density at radius 2 is 0.756 bits per heavy atom. The number of nitrogens with one attached hydrogen (secondary N) is 4. The van der Waals surface area contributed by atoms with Crippen molar-refractivity contribution in [2.45, 2.75) is 0 Å². The van der Waals surface area contributed by atoms with Crippen LogP contribution in [0.4, 0.5) is 34.1 Å². The third-order valence-electron chi connectivity index (χ3n) is 6.62. The molecule has 11 nitrogen and oxygen atoms in total. The van der Waals surface area contributed by atoms with Gasteiger partial charge in [-0.05, 0) is 97.1 Å². The van der Waals surface area contributed by atoms with Gasteiger partial charge in [0.25, 0.3) is 23.6 Å². The van der Waals surface area contributed by atoms with Crippen molar-refractivity contribution in [1.29, 1.82) is 0 Å². The van der Waals surface area contributed by atoms with Crippen molar-refractivity contribution in [1.82, 2.24) is 0 Å². The summed E-state index contributed by atoms with van der Waals surface area (Å²) in [6.45, 7) is 0. The number of benzene rings is 5. The largest absolute Gasteiger partial charge is 0.506 e. The predicted octanol–water partition coefficient (Wildman–Crippen LogP) is 5.57. The van der Waals surface area contributed by atoms with E-state index in [1.54, 1.807) is 97.1 Å². The molecule has 4 amide bonds. The van der Waals surface area contributed by atoms with Crippen molar-refractivity contribution in [2.24, 2.45) is 0 Å². The van der Waals surface area contributed by atoms with E-state index in [-0.39, 0.29) is 22.9 Å². The molecule has 0 aliphatic rings. The molecule has 5 aromatic carbocycles. The van der Waals surface area contributed by atoms with Gasteiger partial charge in [-0.25, -0.2) is 0 Å². The summed E-state index contributed by atoms with van der Waals surface area (Å²) in [6.07, 6.45) is 0. The fourth-order valence-electron chi connectivity index (χ4n) is 4.35. The molecule has 11 heteroatoms. The van der Waals surface area contributed by atoms with Gasteiger partial charge in [0.15, 0.2) is 0 Å². The maximum atomic E-state index is 13.0. The van der Waals surface area contributed by atoms with E-state index < -0.39 is 17.6 Å². The number of para-hydroxylation sites is 1. The van der Waals surface area contributed by atoms with E-state index >= 15 is 0 Å². The van der Waals surface area contributed by atoms with Gasteiger partial charge < -0.3 is 37.8 Å². The molecule has 0 spiro atoms. The minimum absolute atomic E-state index is 0.110. The van der Waals surface area contributed by atoms with Gasteiger partial charge in [-0.2, -0.15) is 0 Å². The van der Waals surface area contributed by atoms with Crippen LogP contribution in [0.5, 0.6) is 5.75 Å². The molecule has 224 valence electrons. The Morgan fingerprint density at radius 1 is 0.444 bits per heavy atom. The third-order valence-corrected chi connectivity index (χ3v) is 6.62. The number of hydrogen-bond acceptors (Lipinski definition) is 7. The minimum atomic E-state index is -0.640. The number of rotatable bonds is 8. The molecule has 0 aliphatic heterocycles. The molecule has 0 saturated carbocycles. The molecular weight excluding hydrogens is 572 g/mol. The standard InChI is InChI=1S/C34H28N6O5/c35-22-6-1-4-20(18-22)31(42)37-24-10-14-26(15-11-24)39-33(44)28-8-3-9-29(30(28)41)34(45)40-27-16-12-25(13-17-27)38-32(43)21-5-2-7-23(36)19-21/h1-19,41H,35-36H2,(H,37,42)(H,38,43)(H,39,44)(H,40,45). The van der Waals surface area contributed by atoms with Crippen LogP contribution in [0.3, 0.4) is 0 Å². The summed E-state index contributed by atoms with van der Waals surface area (Å²) >= 11 is 0. The number of nitrogen functional groups attached to an aromatic ring is 2. The highest BCUT2D eigenvalue weighted by molar-refractivity contribution is 6.12. The average molecular weight is 601 g/mol. The van der Waals surface area contributed by atoms with Gasteiger partial charge in [0.2, 0.25) is 0 Å². The first kappa shape index (κ1) is 29.9. The lowest BCUT2D eigenvalue weighted by Gasteiger charge is -2.12. The fraction of sp³-hybridized carbons (Fsp3) is 0. The van der Waals surface area contributed by atoms with Crippen molar-refractivity contribution in [3.05, 3.63) is 138 Å². The van der Waals surface area contributed by atoms with Crippen LogP contribution in [0.1, 0.15) is 41.4 Å². The Bertz CT molecular complexity index is 1770. The van der Waals surface area contributed by atoms with Crippen LogP contribution in [0, 0.1) is 0 Å². The zero-order valence-corrected chi connectivity index (χ0v) is 23.7. The maximum Gasteiger partial charge on any atom is 0.259 e. The lowest BCUT2D eigenvalue weighted by Crippen LogP contribution is -2.16. The SMILES string of the molecule is Nc1cccc(C(=O)Nc2ccc(NC(=O)c3cccc(C(=O)Nc4ccc(NC(=O)c5cccc(N)c5)cc4)c3O)cc2)c1. The van der Waals surface area contributed by atoms with Crippen molar-refractivity contribution in [3.8, 4) is 5.75 Å². The second-order valence-electron chi connectivity index (χ2n) is 9.92. The molecule has 9 N–H and O–H groups in total. The molecule has 0 fully saturated rings. The molecule has 0 atom stereocenters. The lowest BCUT2D eigenvalue weighted by molar-refractivity contribution is 0.101. The summed E-state index contributed by atoms with van der Waals surface area (Å²) in [4.78, 5) is 50.8. The zero-order chi connectivity index (χ0) is 31.9. The number of hydrogen-bond donors (Lipinski definition) is 7. The fourth-order valence-corrected chi connectivity index (χ4v) is 4.35. The normalized spacial score (nSPS) is 10.4. The second kappa shape index (κ2) is 13.1. The Hall–Kier alpha value is -6.62. The van der Waals surface area contributed by atoms with E-state index in [4.69, 9.17) is 11.5 Å². The van der Waals surface area contributed by atoms with Gasteiger partial charge in [0, 0.05) is 45.3 Å². The number of nitrogens with two attached hydrogens (primary N) is 2. The first-order chi connectivity index (χ1) is 21.7. The molecule has 0 saturated heterocycles. The van der Waals surface area contributed by atoms with Crippen LogP contribution in [0.25, 0.3) is 0 Å². The Kier molecular flexibility index (Phi) is 8.71. The van der Waals surface area contributed by atoms with Gasteiger partial charge >= 0.3 is 0 Å². The van der Waals surface area contributed by atoms with Crippen LogP contribution < -0.4 is 32.7 Å². The minimum Gasteiger partial charge on any atom is -0.506 e. The Morgan fingerprint density at radius 3 is 1.09 bits per heavy atom. The first-order valence-corrected chi connectivity index (χ1v) is 13.6. The number of phenolic OH excluding ortho intramolecular Hbond substituents is 1. The quantitative estimate of drug-likeness (QED) is 0.113. The molecule has 5 aromatic rings. The summed E-state index contributed by atoms with van der Waals surface area (Å²) in [5.74, 6) is -2.45. The van der Waals surface area contributed by atoms with E-state index in [2.05, 4.69) is 21.3 Å². The van der Waals surface area contributed by atoms with Gasteiger partial charge in [0.1, 0.15) is 5.75 Å².